The minimum atomic E-state index is -3.83. The summed E-state index contributed by atoms with van der Waals surface area (Å²) in [7, 11) is -4.89. The largest absolute Gasteiger partial charge is 0.422 e. The van der Waals surface area contributed by atoms with Gasteiger partial charge in [-0.05, 0) is 76.0 Å². The van der Waals surface area contributed by atoms with Gasteiger partial charge in [0.2, 0.25) is 0 Å². The zero-order chi connectivity index (χ0) is 31.1. The first kappa shape index (κ1) is 37.6. The van der Waals surface area contributed by atoms with Gasteiger partial charge >= 0.3 is 27.0 Å². The van der Waals surface area contributed by atoms with E-state index in [2.05, 4.69) is 0 Å². The summed E-state index contributed by atoms with van der Waals surface area (Å²) in [5, 5.41) is -1.36. The van der Waals surface area contributed by atoms with Crippen LogP contribution in [-0.2, 0) is 36.7 Å². The smallest absolute Gasteiger partial charge is 0.394 e. The molecule has 0 spiro atoms. The summed E-state index contributed by atoms with van der Waals surface area (Å²) in [6.07, 6.45) is 0. The van der Waals surface area contributed by atoms with Gasteiger partial charge in [0.15, 0.2) is 0 Å². The lowest BCUT2D eigenvalue weighted by molar-refractivity contribution is 0.0350. The quantitative estimate of drug-likeness (QED) is 0.0889. The van der Waals surface area contributed by atoms with Crippen molar-refractivity contribution in [2.24, 2.45) is 0 Å². The van der Waals surface area contributed by atoms with Gasteiger partial charge in [0.05, 0.1) is 38.6 Å². The van der Waals surface area contributed by atoms with Crippen molar-refractivity contribution >= 4 is 67.5 Å². The standard InChI is InChI=1S/C12H14ClO5P.C8H4Cl2O2.C6H15O3P/c1-3-16-19(15,17-4-2)12(13)10-8-6-5-7-9(10)11(14)18-12;9-7(11)5-3-1-2-4-6(5)8(10)12;1-4-7-10(8-5-2)9-6-3/h5-8H,3-4H2,1-2H3;1-4H;4-6H2,1-3H3. The molecule has 0 N–H and O–H groups in total. The highest BCUT2D eigenvalue weighted by molar-refractivity contribution is 7.57. The number of cyclic esters (lactones) is 1. The van der Waals surface area contributed by atoms with Crippen molar-refractivity contribution in [3.05, 3.63) is 70.8 Å². The maximum absolute atomic E-state index is 12.8. The molecule has 1 atom stereocenters. The maximum atomic E-state index is 12.8. The fourth-order valence-corrected chi connectivity index (χ4v) is 6.65. The van der Waals surface area contributed by atoms with Crippen molar-refractivity contribution in [3.8, 4) is 0 Å². The summed E-state index contributed by atoms with van der Waals surface area (Å²) >= 11 is 16.7. The van der Waals surface area contributed by atoms with Crippen LogP contribution in [0, 0.1) is 0 Å². The predicted molar refractivity (Wildman–Crippen MR) is 159 cm³/mol. The third-order valence-electron chi connectivity index (χ3n) is 4.71. The van der Waals surface area contributed by atoms with Crippen LogP contribution in [0.25, 0.3) is 0 Å². The van der Waals surface area contributed by atoms with Crippen LogP contribution in [0.3, 0.4) is 0 Å². The number of hydrogen-bond acceptors (Lipinski definition) is 10. The zero-order valence-electron chi connectivity index (χ0n) is 23.3. The molecule has 0 aromatic heterocycles. The first-order chi connectivity index (χ1) is 19.5. The molecule has 2 aromatic carbocycles. The van der Waals surface area contributed by atoms with Gasteiger partial charge in [-0.25, -0.2) is 4.79 Å². The fraction of sp³-hybridized carbons (Fsp3) is 0.423. The molecular formula is C26H33Cl3O10P2. The second-order valence-electron chi connectivity index (χ2n) is 7.40. The minimum Gasteiger partial charge on any atom is -0.422 e. The van der Waals surface area contributed by atoms with Crippen LogP contribution in [0.5, 0.6) is 0 Å². The molecule has 0 aliphatic carbocycles. The first-order valence-corrected chi connectivity index (χ1v) is 16.3. The van der Waals surface area contributed by atoms with Crippen molar-refractivity contribution in [2.75, 3.05) is 33.0 Å². The number of carbonyl (C=O) groups excluding carboxylic acids is 3. The number of halogens is 3. The van der Waals surface area contributed by atoms with Crippen LogP contribution in [0.15, 0.2) is 48.5 Å². The summed E-state index contributed by atoms with van der Waals surface area (Å²) in [5.41, 5.74) is 0.863. The summed E-state index contributed by atoms with van der Waals surface area (Å²) in [6.45, 7) is 11.3. The highest BCUT2D eigenvalue weighted by Crippen LogP contribution is 2.70. The number of benzene rings is 2. The van der Waals surface area contributed by atoms with E-state index >= 15 is 0 Å². The monoisotopic (exact) mass is 672 g/mol. The highest BCUT2D eigenvalue weighted by Gasteiger charge is 2.60. The average Bonchev–Trinajstić information content (AvgIpc) is 3.21. The van der Waals surface area contributed by atoms with Crippen molar-refractivity contribution in [2.45, 2.75) is 39.4 Å². The Balaban J connectivity index is 0.000000331. The number of esters is 1. The highest BCUT2D eigenvalue weighted by atomic mass is 35.5. The van der Waals surface area contributed by atoms with Gasteiger partial charge < -0.3 is 27.4 Å². The summed E-state index contributed by atoms with van der Waals surface area (Å²) in [5.74, 6) is -0.634. The number of rotatable bonds is 13. The van der Waals surface area contributed by atoms with Crippen LogP contribution in [0.1, 0.15) is 71.3 Å². The van der Waals surface area contributed by atoms with E-state index in [9.17, 15) is 18.9 Å². The summed E-state index contributed by atoms with van der Waals surface area (Å²) < 4.78 is 43.7. The Bertz CT molecular complexity index is 1140. The first-order valence-electron chi connectivity index (χ1n) is 12.5. The van der Waals surface area contributed by atoms with Crippen molar-refractivity contribution in [3.63, 3.8) is 0 Å². The lowest BCUT2D eigenvalue weighted by atomic mass is 10.1. The minimum absolute atomic E-state index is 0.130. The molecule has 10 nitrogen and oxygen atoms in total. The average molecular weight is 674 g/mol. The van der Waals surface area contributed by atoms with E-state index in [0.717, 1.165) is 0 Å². The van der Waals surface area contributed by atoms with Gasteiger partial charge in [-0.3, -0.25) is 14.2 Å². The van der Waals surface area contributed by atoms with Gasteiger partial charge in [0, 0.05) is 16.7 Å². The van der Waals surface area contributed by atoms with E-state index in [1.807, 2.05) is 20.8 Å². The molecule has 1 heterocycles. The molecule has 1 aliphatic rings. The number of fused-ring (bicyclic) bond motifs is 1. The Morgan fingerprint density at radius 3 is 1.59 bits per heavy atom. The van der Waals surface area contributed by atoms with Gasteiger partial charge in [0.25, 0.3) is 10.5 Å². The van der Waals surface area contributed by atoms with E-state index in [1.54, 1.807) is 50.2 Å². The Kier molecular flexibility index (Phi) is 17.4. The second kappa shape index (κ2) is 19.0. The molecule has 0 saturated carbocycles. The summed E-state index contributed by atoms with van der Waals surface area (Å²) in [6, 6.07) is 12.6. The van der Waals surface area contributed by atoms with E-state index in [-0.39, 0.29) is 29.9 Å². The molecular weight excluding hydrogens is 641 g/mol. The van der Waals surface area contributed by atoms with Gasteiger partial charge in [-0.1, -0.05) is 41.9 Å². The van der Waals surface area contributed by atoms with Gasteiger partial charge in [0.1, 0.15) is 0 Å². The molecule has 228 valence electrons. The zero-order valence-corrected chi connectivity index (χ0v) is 27.3. The molecule has 0 saturated heterocycles. The SMILES string of the molecule is CCOP(=O)(OCC)C1(Cl)OC(=O)c2ccccc21.CCOP(OCC)OCC.O=C(Cl)c1ccccc1C(=O)Cl. The molecule has 15 heteroatoms. The molecule has 0 amide bonds. The number of hydrogen-bond donors (Lipinski definition) is 0. The Morgan fingerprint density at radius 2 is 1.20 bits per heavy atom. The maximum Gasteiger partial charge on any atom is 0.394 e. The Labute approximate surface area is 256 Å². The molecule has 1 unspecified atom stereocenters. The molecule has 1 aliphatic heterocycles. The lowest BCUT2D eigenvalue weighted by Crippen LogP contribution is -2.22. The van der Waals surface area contributed by atoms with Crippen LogP contribution >= 0.6 is 51.0 Å². The third-order valence-corrected chi connectivity index (χ3v) is 9.66. The summed E-state index contributed by atoms with van der Waals surface area (Å²) in [4.78, 5) is 31.3. The van der Waals surface area contributed by atoms with Crippen LogP contribution in [0.4, 0.5) is 0 Å². The fourth-order valence-electron chi connectivity index (χ4n) is 3.16. The lowest BCUT2D eigenvalue weighted by Gasteiger charge is -2.29. The van der Waals surface area contributed by atoms with Crippen LogP contribution in [0.2, 0.25) is 0 Å². The number of alkyl halides is 1. The molecule has 0 fully saturated rings. The van der Waals surface area contributed by atoms with E-state index in [4.69, 9.17) is 62.2 Å². The van der Waals surface area contributed by atoms with Crippen molar-refractivity contribution in [1.29, 1.82) is 0 Å². The van der Waals surface area contributed by atoms with Gasteiger partial charge in [-0.2, -0.15) is 0 Å². The number of carbonyl (C=O) groups is 3. The van der Waals surface area contributed by atoms with Crippen LogP contribution < -0.4 is 0 Å². The Morgan fingerprint density at radius 1 is 0.780 bits per heavy atom. The van der Waals surface area contributed by atoms with Crippen LogP contribution in [-0.4, -0.2) is 49.5 Å². The van der Waals surface area contributed by atoms with Gasteiger partial charge in [-0.15, -0.1) is 0 Å². The van der Waals surface area contributed by atoms with Crippen molar-refractivity contribution < 1.29 is 46.3 Å². The topological polar surface area (TPSA) is 124 Å². The molecule has 0 bridgehead atoms. The third kappa shape index (κ3) is 10.7. The normalized spacial score (nSPS) is 15.7. The molecule has 0 radical (unpaired) electrons. The molecule has 2 aromatic rings. The van der Waals surface area contributed by atoms with E-state index < -0.39 is 37.5 Å². The number of ether oxygens (including phenoxy) is 1. The molecule has 3 rings (SSSR count). The van der Waals surface area contributed by atoms with E-state index in [0.29, 0.717) is 25.4 Å². The van der Waals surface area contributed by atoms with Crippen molar-refractivity contribution in [1.82, 2.24) is 0 Å². The van der Waals surface area contributed by atoms with E-state index in [1.165, 1.54) is 12.1 Å². The Hall–Kier alpha value is -1.42. The molecule has 41 heavy (non-hydrogen) atoms. The predicted octanol–water partition coefficient (Wildman–Crippen LogP) is 8.24. The second-order valence-corrected chi connectivity index (χ2v) is 12.2.